The first-order chi connectivity index (χ1) is 5.42. The maximum absolute atomic E-state index is 12.2. The third kappa shape index (κ3) is 1.42. The van der Waals surface area contributed by atoms with E-state index < -0.39 is 17.7 Å². The van der Waals surface area contributed by atoms with Crippen molar-refractivity contribution in [1.29, 1.82) is 0 Å². The summed E-state index contributed by atoms with van der Waals surface area (Å²) in [6.07, 6.45) is -3.81. The Kier molecular flexibility index (Phi) is 2.09. The molecule has 1 fully saturated rings. The molecule has 1 aliphatic rings. The fourth-order valence-corrected chi connectivity index (χ4v) is 1.10. The molecule has 68 valence electrons. The van der Waals surface area contributed by atoms with Gasteiger partial charge < -0.3 is 5.11 Å². The summed E-state index contributed by atoms with van der Waals surface area (Å²) >= 11 is 0. The van der Waals surface area contributed by atoms with Crippen molar-refractivity contribution in [3.05, 3.63) is 0 Å². The highest BCUT2D eigenvalue weighted by molar-refractivity contribution is 5.21. The quantitative estimate of drug-likeness (QED) is 0.606. The first-order valence-corrected chi connectivity index (χ1v) is 3.65. The molecule has 0 aliphatic heterocycles. The molecule has 1 atom stereocenters. The highest BCUT2D eigenvalue weighted by atomic mass is 19.4. The van der Waals surface area contributed by atoms with E-state index >= 15 is 0 Å². The summed E-state index contributed by atoms with van der Waals surface area (Å²) in [5.74, 6) is 3.24. The summed E-state index contributed by atoms with van der Waals surface area (Å²) in [5.41, 5.74) is -2.76. The number of hydrogen-bond donors (Lipinski definition) is 1. The molecule has 0 aromatic rings. The fraction of sp³-hybridized carbons (Fsp3) is 0.750. The summed E-state index contributed by atoms with van der Waals surface area (Å²) in [5, 5.41) is 9.19. The molecule has 12 heavy (non-hydrogen) atoms. The minimum atomic E-state index is -4.63. The van der Waals surface area contributed by atoms with E-state index in [1.807, 2.05) is 5.92 Å². The Morgan fingerprint density at radius 3 is 2.08 bits per heavy atom. The summed E-state index contributed by atoms with van der Waals surface area (Å²) in [4.78, 5) is 0. The van der Waals surface area contributed by atoms with Crippen LogP contribution in [0, 0.1) is 17.8 Å². The lowest BCUT2D eigenvalue weighted by atomic mass is 9.98. The second kappa shape index (κ2) is 2.67. The van der Waals surface area contributed by atoms with E-state index in [1.54, 1.807) is 0 Å². The lowest BCUT2D eigenvalue weighted by Crippen LogP contribution is -2.45. The van der Waals surface area contributed by atoms with Crippen LogP contribution in [0.1, 0.15) is 19.8 Å². The Morgan fingerprint density at radius 1 is 1.33 bits per heavy atom. The van der Waals surface area contributed by atoms with Gasteiger partial charge in [0.1, 0.15) is 0 Å². The van der Waals surface area contributed by atoms with Crippen molar-refractivity contribution in [3.8, 4) is 11.8 Å². The van der Waals surface area contributed by atoms with Gasteiger partial charge in [-0.25, -0.2) is 0 Å². The second-order valence-electron chi connectivity index (χ2n) is 2.91. The SMILES string of the molecule is CC#CC(O)(C1CC1)C(F)(F)F. The Balaban J connectivity index is 2.90. The van der Waals surface area contributed by atoms with Crippen molar-refractivity contribution in [2.24, 2.45) is 5.92 Å². The standard InChI is InChI=1S/C8H9F3O/c1-2-5-7(12,6-3-4-6)8(9,10)11/h6,12H,3-4H2,1H3. The molecule has 1 nitrogen and oxygen atoms in total. The molecule has 0 aromatic carbocycles. The van der Waals surface area contributed by atoms with Gasteiger partial charge in [0.25, 0.3) is 0 Å². The highest BCUT2D eigenvalue weighted by Crippen LogP contribution is 2.47. The predicted octanol–water partition coefficient (Wildman–Crippen LogP) is 1.71. The topological polar surface area (TPSA) is 20.2 Å². The fourth-order valence-electron chi connectivity index (χ4n) is 1.10. The molecule has 1 saturated carbocycles. The maximum atomic E-state index is 12.2. The molecule has 1 aliphatic carbocycles. The van der Waals surface area contributed by atoms with Crippen molar-refractivity contribution in [2.45, 2.75) is 31.5 Å². The van der Waals surface area contributed by atoms with Crippen LogP contribution in [0.4, 0.5) is 13.2 Å². The lowest BCUT2D eigenvalue weighted by molar-refractivity contribution is -0.242. The van der Waals surface area contributed by atoms with Gasteiger partial charge in [0, 0.05) is 5.92 Å². The van der Waals surface area contributed by atoms with Gasteiger partial charge in [-0.2, -0.15) is 13.2 Å². The zero-order valence-corrected chi connectivity index (χ0v) is 6.57. The van der Waals surface area contributed by atoms with Gasteiger partial charge in [0.15, 0.2) is 0 Å². The molecule has 0 amide bonds. The monoisotopic (exact) mass is 178 g/mol. The van der Waals surface area contributed by atoms with E-state index in [0.717, 1.165) is 0 Å². The predicted molar refractivity (Wildman–Crippen MR) is 37.2 cm³/mol. The van der Waals surface area contributed by atoms with Crippen LogP contribution in [-0.2, 0) is 0 Å². The van der Waals surface area contributed by atoms with Crippen molar-refractivity contribution in [3.63, 3.8) is 0 Å². The van der Waals surface area contributed by atoms with Gasteiger partial charge in [0.05, 0.1) is 0 Å². The van der Waals surface area contributed by atoms with Crippen LogP contribution in [0.3, 0.4) is 0 Å². The van der Waals surface area contributed by atoms with Crippen molar-refractivity contribution in [1.82, 2.24) is 0 Å². The molecule has 0 heterocycles. The van der Waals surface area contributed by atoms with E-state index in [2.05, 4.69) is 5.92 Å². The molecule has 0 aromatic heterocycles. The third-order valence-electron chi connectivity index (χ3n) is 1.92. The molecule has 1 unspecified atom stereocenters. The van der Waals surface area contributed by atoms with Crippen molar-refractivity contribution in [2.75, 3.05) is 0 Å². The van der Waals surface area contributed by atoms with Crippen LogP contribution in [-0.4, -0.2) is 16.9 Å². The number of halogens is 3. The van der Waals surface area contributed by atoms with Gasteiger partial charge in [-0.05, 0) is 19.8 Å². The molecular weight excluding hydrogens is 169 g/mol. The van der Waals surface area contributed by atoms with Crippen LogP contribution in [0.2, 0.25) is 0 Å². The van der Waals surface area contributed by atoms with Crippen molar-refractivity contribution < 1.29 is 18.3 Å². The van der Waals surface area contributed by atoms with E-state index in [1.165, 1.54) is 6.92 Å². The Hall–Kier alpha value is -0.690. The van der Waals surface area contributed by atoms with E-state index in [4.69, 9.17) is 0 Å². The summed E-state index contributed by atoms with van der Waals surface area (Å²) < 4.78 is 36.7. The molecule has 4 heteroatoms. The normalized spacial score (nSPS) is 22.4. The number of aliphatic hydroxyl groups is 1. The first kappa shape index (κ1) is 9.40. The van der Waals surface area contributed by atoms with Gasteiger partial charge in [-0.1, -0.05) is 5.92 Å². The summed E-state index contributed by atoms with van der Waals surface area (Å²) in [6, 6.07) is 0. The van der Waals surface area contributed by atoms with Crippen molar-refractivity contribution >= 4 is 0 Å². The third-order valence-corrected chi connectivity index (χ3v) is 1.92. The van der Waals surface area contributed by atoms with Crippen LogP contribution >= 0.6 is 0 Å². The van der Waals surface area contributed by atoms with Gasteiger partial charge >= 0.3 is 6.18 Å². The van der Waals surface area contributed by atoms with Crippen LogP contribution in [0.5, 0.6) is 0 Å². The molecule has 0 spiro atoms. The van der Waals surface area contributed by atoms with E-state index in [9.17, 15) is 18.3 Å². The zero-order chi connectivity index (χ0) is 9.41. The van der Waals surface area contributed by atoms with E-state index in [-0.39, 0.29) is 0 Å². The average Bonchev–Trinajstić information content (AvgIpc) is 2.65. The largest absolute Gasteiger partial charge is 0.428 e. The summed E-state index contributed by atoms with van der Waals surface area (Å²) in [6.45, 7) is 1.29. The van der Waals surface area contributed by atoms with Gasteiger partial charge in [-0.15, -0.1) is 5.92 Å². The molecule has 0 saturated heterocycles. The molecule has 0 radical (unpaired) electrons. The van der Waals surface area contributed by atoms with Gasteiger partial charge in [0.2, 0.25) is 5.60 Å². The second-order valence-corrected chi connectivity index (χ2v) is 2.91. The molecule has 1 rings (SSSR count). The van der Waals surface area contributed by atoms with E-state index in [0.29, 0.717) is 12.8 Å². The minimum absolute atomic E-state index is 0.407. The maximum Gasteiger partial charge on any atom is 0.428 e. The van der Waals surface area contributed by atoms with Crippen LogP contribution < -0.4 is 0 Å². The van der Waals surface area contributed by atoms with Crippen LogP contribution in [0.25, 0.3) is 0 Å². The molecular formula is C8H9F3O. The minimum Gasteiger partial charge on any atom is -0.369 e. The zero-order valence-electron chi connectivity index (χ0n) is 6.57. The average molecular weight is 178 g/mol. The Morgan fingerprint density at radius 2 is 1.83 bits per heavy atom. The molecule has 0 bridgehead atoms. The number of hydrogen-bond acceptors (Lipinski definition) is 1. The number of rotatable bonds is 1. The molecule has 1 N–H and O–H groups in total. The summed E-state index contributed by atoms with van der Waals surface area (Å²) in [7, 11) is 0. The lowest BCUT2D eigenvalue weighted by Gasteiger charge is -2.24. The Labute approximate surface area is 68.6 Å². The highest BCUT2D eigenvalue weighted by Gasteiger charge is 2.61. The Bertz CT molecular complexity index is 231. The first-order valence-electron chi connectivity index (χ1n) is 3.65. The van der Waals surface area contributed by atoms with Gasteiger partial charge in [-0.3, -0.25) is 0 Å². The van der Waals surface area contributed by atoms with Crippen LogP contribution in [0.15, 0.2) is 0 Å². The number of alkyl halides is 3. The smallest absolute Gasteiger partial charge is 0.369 e.